The van der Waals surface area contributed by atoms with Crippen molar-refractivity contribution in [2.45, 2.75) is 29.8 Å². The molecule has 1 saturated heterocycles. The van der Waals surface area contributed by atoms with Crippen LogP contribution in [0, 0.1) is 0 Å². The van der Waals surface area contributed by atoms with Gasteiger partial charge >= 0.3 is 6.18 Å². The largest absolute Gasteiger partial charge is 0.417 e. The molecule has 0 spiro atoms. The molecule has 2 aromatic carbocycles. The average molecular weight is 426 g/mol. The maximum atomic E-state index is 13.3. The number of piperidine rings is 1. The number of halogens is 3. The van der Waals surface area contributed by atoms with Crippen molar-refractivity contribution in [1.82, 2.24) is 9.29 Å². The first kappa shape index (κ1) is 19.4. The molecular formula is C19H17F3N2O2S2. The van der Waals surface area contributed by atoms with E-state index in [9.17, 15) is 21.6 Å². The fourth-order valence-electron chi connectivity index (χ4n) is 3.49. The van der Waals surface area contributed by atoms with E-state index < -0.39 is 26.7 Å². The third-order valence-corrected chi connectivity index (χ3v) is 7.98. The highest BCUT2D eigenvalue weighted by molar-refractivity contribution is 7.89. The van der Waals surface area contributed by atoms with Gasteiger partial charge in [0.1, 0.15) is 0 Å². The normalized spacial score (nSPS) is 19.2. The minimum absolute atomic E-state index is 0.126. The van der Waals surface area contributed by atoms with Crippen molar-refractivity contribution in [3.63, 3.8) is 0 Å². The summed E-state index contributed by atoms with van der Waals surface area (Å²) in [5, 5.41) is 0.824. The van der Waals surface area contributed by atoms with Crippen LogP contribution in [0.5, 0.6) is 0 Å². The number of alkyl halides is 3. The Kier molecular flexibility index (Phi) is 4.93. The fourth-order valence-corrected chi connectivity index (χ4v) is 6.32. The van der Waals surface area contributed by atoms with E-state index in [0.717, 1.165) is 38.1 Å². The zero-order chi connectivity index (χ0) is 19.9. The summed E-state index contributed by atoms with van der Waals surface area (Å²) in [6, 6.07) is 12.0. The molecule has 0 N–H and O–H groups in total. The molecule has 2 heterocycles. The van der Waals surface area contributed by atoms with E-state index in [4.69, 9.17) is 0 Å². The second kappa shape index (κ2) is 7.13. The number of nitrogens with zero attached hydrogens (tertiary/aromatic N) is 2. The molecule has 0 aliphatic carbocycles. The second-order valence-corrected chi connectivity index (χ2v) is 9.68. The number of aromatic nitrogens is 1. The van der Waals surface area contributed by atoms with E-state index in [-0.39, 0.29) is 19.0 Å². The van der Waals surface area contributed by atoms with Gasteiger partial charge in [-0.05, 0) is 37.1 Å². The van der Waals surface area contributed by atoms with Crippen molar-refractivity contribution in [2.24, 2.45) is 0 Å². The number of rotatable bonds is 3. The zero-order valence-corrected chi connectivity index (χ0v) is 16.3. The summed E-state index contributed by atoms with van der Waals surface area (Å²) < 4.78 is 68.1. The lowest BCUT2D eigenvalue weighted by atomic mass is 10.0. The van der Waals surface area contributed by atoms with Gasteiger partial charge in [-0.2, -0.15) is 17.5 Å². The first-order valence-corrected chi connectivity index (χ1v) is 11.0. The summed E-state index contributed by atoms with van der Waals surface area (Å²) in [7, 11) is -4.26. The van der Waals surface area contributed by atoms with Crippen LogP contribution in [0.1, 0.15) is 29.3 Å². The number of fused-ring (bicyclic) bond motifs is 1. The van der Waals surface area contributed by atoms with Gasteiger partial charge in [0.2, 0.25) is 10.0 Å². The molecule has 0 bridgehead atoms. The standard InChI is InChI=1S/C19H17F3N2O2S2/c20-19(21,22)14-7-1-4-10-17(14)28(25,26)24-11-5-6-13(12-24)18-23-15-8-2-3-9-16(15)27-18/h1-4,7-10,13H,5-6,11-12H2/t13-/m1/s1. The summed E-state index contributed by atoms with van der Waals surface area (Å²) in [6.45, 7) is 0.338. The lowest BCUT2D eigenvalue weighted by molar-refractivity contribution is -0.139. The molecular weight excluding hydrogens is 409 g/mol. The Morgan fingerprint density at radius 2 is 1.79 bits per heavy atom. The first-order valence-electron chi connectivity index (χ1n) is 8.78. The van der Waals surface area contributed by atoms with Gasteiger partial charge in [0.15, 0.2) is 0 Å². The molecule has 1 aromatic heterocycles. The van der Waals surface area contributed by atoms with Crippen LogP contribution in [-0.2, 0) is 16.2 Å². The highest BCUT2D eigenvalue weighted by Gasteiger charge is 2.40. The molecule has 4 nitrogen and oxygen atoms in total. The minimum Gasteiger partial charge on any atom is -0.241 e. The number of hydrogen-bond acceptors (Lipinski definition) is 4. The van der Waals surface area contributed by atoms with Gasteiger partial charge < -0.3 is 0 Å². The van der Waals surface area contributed by atoms with Crippen LogP contribution in [-0.4, -0.2) is 30.8 Å². The molecule has 0 saturated carbocycles. The number of hydrogen-bond donors (Lipinski definition) is 0. The molecule has 148 valence electrons. The predicted molar refractivity (Wildman–Crippen MR) is 102 cm³/mol. The SMILES string of the molecule is O=S(=O)(c1ccccc1C(F)(F)F)N1CCC[C@@H](c2nc3ccccc3s2)C1. The Morgan fingerprint density at radius 3 is 2.54 bits per heavy atom. The summed E-state index contributed by atoms with van der Waals surface area (Å²) in [6.07, 6.45) is -3.40. The van der Waals surface area contributed by atoms with Crippen molar-refractivity contribution >= 4 is 31.6 Å². The molecule has 0 radical (unpaired) electrons. The highest BCUT2D eigenvalue weighted by Crippen LogP contribution is 2.38. The summed E-state index contributed by atoms with van der Waals surface area (Å²) >= 11 is 1.51. The van der Waals surface area contributed by atoms with Crippen LogP contribution in [0.25, 0.3) is 10.2 Å². The number of para-hydroxylation sites is 1. The van der Waals surface area contributed by atoms with Crippen LogP contribution in [0.15, 0.2) is 53.4 Å². The van der Waals surface area contributed by atoms with Gasteiger partial charge in [0.05, 0.1) is 25.7 Å². The lowest BCUT2D eigenvalue weighted by Crippen LogP contribution is -2.39. The summed E-state index contributed by atoms with van der Waals surface area (Å²) in [5.41, 5.74) is -0.276. The van der Waals surface area contributed by atoms with Gasteiger partial charge in [-0.1, -0.05) is 24.3 Å². The molecule has 1 aliphatic rings. The molecule has 9 heteroatoms. The van der Waals surface area contributed by atoms with E-state index in [1.165, 1.54) is 23.5 Å². The van der Waals surface area contributed by atoms with E-state index >= 15 is 0 Å². The number of sulfonamides is 1. The molecule has 0 amide bonds. The smallest absolute Gasteiger partial charge is 0.241 e. The van der Waals surface area contributed by atoms with Gasteiger partial charge in [0, 0.05) is 19.0 Å². The third-order valence-electron chi connectivity index (χ3n) is 4.85. The lowest BCUT2D eigenvalue weighted by Gasteiger charge is -2.31. The summed E-state index contributed by atoms with van der Waals surface area (Å²) in [4.78, 5) is 3.91. The van der Waals surface area contributed by atoms with Crippen LogP contribution in [0.3, 0.4) is 0 Å². The topological polar surface area (TPSA) is 50.3 Å². The highest BCUT2D eigenvalue weighted by atomic mass is 32.2. The Morgan fingerprint density at radius 1 is 1.07 bits per heavy atom. The van der Waals surface area contributed by atoms with Crippen LogP contribution in [0.2, 0.25) is 0 Å². The Bertz CT molecular complexity index is 1080. The van der Waals surface area contributed by atoms with Gasteiger partial charge in [-0.3, -0.25) is 0 Å². The quantitative estimate of drug-likeness (QED) is 0.600. The molecule has 1 fully saturated rings. The average Bonchev–Trinajstić information content (AvgIpc) is 3.12. The third kappa shape index (κ3) is 3.54. The first-order chi connectivity index (χ1) is 13.3. The molecule has 3 aromatic rings. The van der Waals surface area contributed by atoms with Crippen LogP contribution >= 0.6 is 11.3 Å². The van der Waals surface area contributed by atoms with Gasteiger partial charge in [-0.15, -0.1) is 11.3 Å². The summed E-state index contributed by atoms with van der Waals surface area (Å²) in [5.74, 6) is -0.126. The zero-order valence-electron chi connectivity index (χ0n) is 14.7. The van der Waals surface area contributed by atoms with Gasteiger partial charge in [-0.25, -0.2) is 13.4 Å². The van der Waals surface area contributed by atoms with Crippen molar-refractivity contribution in [1.29, 1.82) is 0 Å². The number of thiazole rings is 1. The minimum atomic E-state index is -4.73. The molecule has 1 aliphatic heterocycles. The molecule has 28 heavy (non-hydrogen) atoms. The van der Waals surface area contributed by atoms with E-state index in [0.29, 0.717) is 6.42 Å². The van der Waals surface area contributed by atoms with Crippen molar-refractivity contribution in [3.05, 3.63) is 59.1 Å². The Hall–Kier alpha value is -1.97. The van der Waals surface area contributed by atoms with Crippen LogP contribution < -0.4 is 0 Å². The van der Waals surface area contributed by atoms with E-state index in [2.05, 4.69) is 4.98 Å². The maximum absolute atomic E-state index is 13.3. The van der Waals surface area contributed by atoms with Crippen LogP contribution in [0.4, 0.5) is 13.2 Å². The Labute approximate surface area is 164 Å². The van der Waals surface area contributed by atoms with E-state index in [1.54, 1.807) is 0 Å². The second-order valence-electron chi connectivity index (χ2n) is 6.72. The van der Waals surface area contributed by atoms with E-state index in [1.807, 2.05) is 24.3 Å². The Balaban J connectivity index is 1.66. The maximum Gasteiger partial charge on any atom is 0.417 e. The predicted octanol–water partition coefficient (Wildman–Crippen LogP) is 4.88. The molecule has 1 atom stereocenters. The molecule has 0 unspecified atom stereocenters. The van der Waals surface area contributed by atoms with Crippen molar-refractivity contribution < 1.29 is 21.6 Å². The molecule has 4 rings (SSSR count). The van der Waals surface area contributed by atoms with Gasteiger partial charge in [0.25, 0.3) is 0 Å². The fraction of sp³-hybridized carbons (Fsp3) is 0.316. The van der Waals surface area contributed by atoms with Crippen molar-refractivity contribution in [3.8, 4) is 0 Å². The monoisotopic (exact) mass is 426 g/mol. The van der Waals surface area contributed by atoms with Crippen molar-refractivity contribution in [2.75, 3.05) is 13.1 Å². The number of benzene rings is 2.